The van der Waals surface area contributed by atoms with Crippen LogP contribution in [-0.4, -0.2) is 34.2 Å². The molecule has 2 aromatic carbocycles. The van der Waals surface area contributed by atoms with Gasteiger partial charge >= 0.3 is 11.9 Å². The number of benzene rings is 2. The van der Waals surface area contributed by atoms with Crippen molar-refractivity contribution < 1.29 is 24.2 Å². The molecule has 6 nitrogen and oxygen atoms in total. The summed E-state index contributed by atoms with van der Waals surface area (Å²) >= 11 is 0. The summed E-state index contributed by atoms with van der Waals surface area (Å²) in [6.45, 7) is 0. The molecule has 0 aliphatic heterocycles. The van der Waals surface area contributed by atoms with E-state index in [0.29, 0.717) is 6.42 Å². The predicted octanol–water partition coefficient (Wildman–Crippen LogP) is 1.42. The van der Waals surface area contributed by atoms with Gasteiger partial charge in [-0.05, 0) is 36.1 Å². The van der Waals surface area contributed by atoms with Crippen molar-refractivity contribution in [3.63, 3.8) is 0 Å². The van der Waals surface area contributed by atoms with Gasteiger partial charge in [-0.1, -0.05) is 42.5 Å². The molecule has 0 saturated heterocycles. The first-order valence-electron chi connectivity index (χ1n) is 7.54. The molecule has 0 aliphatic rings. The number of rotatable bonds is 6. The summed E-state index contributed by atoms with van der Waals surface area (Å²) in [5.74, 6) is -2.35. The SMILES string of the molecule is NC(Cc1ccc(F)cc1)C(=O)O.NC(Cc1ccccc1)C(=O)O. The van der Waals surface area contributed by atoms with Gasteiger partial charge in [0.05, 0.1) is 0 Å². The fraction of sp³-hybridized carbons (Fsp3) is 0.222. The van der Waals surface area contributed by atoms with Crippen LogP contribution < -0.4 is 11.5 Å². The van der Waals surface area contributed by atoms with Crippen LogP contribution in [0.15, 0.2) is 54.6 Å². The van der Waals surface area contributed by atoms with Gasteiger partial charge in [0.25, 0.3) is 0 Å². The summed E-state index contributed by atoms with van der Waals surface area (Å²) in [6.07, 6.45) is 0.603. The molecular formula is C18H21FN2O4. The van der Waals surface area contributed by atoms with Gasteiger partial charge in [0.1, 0.15) is 17.9 Å². The molecule has 0 aromatic heterocycles. The lowest BCUT2D eigenvalue weighted by atomic mass is 10.1. The Hall–Kier alpha value is -2.77. The highest BCUT2D eigenvalue weighted by Gasteiger charge is 2.12. The van der Waals surface area contributed by atoms with Crippen LogP contribution >= 0.6 is 0 Å². The van der Waals surface area contributed by atoms with E-state index in [1.54, 1.807) is 0 Å². The lowest BCUT2D eigenvalue weighted by Gasteiger charge is -2.05. The fourth-order valence-corrected chi connectivity index (χ4v) is 1.92. The largest absolute Gasteiger partial charge is 0.480 e. The molecule has 134 valence electrons. The van der Waals surface area contributed by atoms with Gasteiger partial charge in [-0.25, -0.2) is 4.39 Å². The summed E-state index contributed by atoms with van der Waals surface area (Å²) in [5, 5.41) is 17.0. The van der Waals surface area contributed by atoms with Crippen LogP contribution in [0.2, 0.25) is 0 Å². The highest BCUT2D eigenvalue weighted by molar-refractivity contribution is 5.73. The monoisotopic (exact) mass is 348 g/mol. The van der Waals surface area contributed by atoms with Crippen LogP contribution in [0.1, 0.15) is 11.1 Å². The lowest BCUT2D eigenvalue weighted by molar-refractivity contribution is -0.139. The van der Waals surface area contributed by atoms with Crippen molar-refractivity contribution in [3.05, 3.63) is 71.5 Å². The number of halogens is 1. The van der Waals surface area contributed by atoms with Crippen LogP contribution in [0.4, 0.5) is 4.39 Å². The van der Waals surface area contributed by atoms with E-state index in [9.17, 15) is 14.0 Å². The van der Waals surface area contributed by atoms with E-state index in [1.807, 2.05) is 30.3 Å². The number of hydrogen-bond acceptors (Lipinski definition) is 4. The number of nitrogens with two attached hydrogens (primary N) is 2. The Morgan fingerprint density at radius 1 is 0.800 bits per heavy atom. The highest BCUT2D eigenvalue weighted by Crippen LogP contribution is 2.05. The van der Waals surface area contributed by atoms with Gasteiger partial charge < -0.3 is 21.7 Å². The van der Waals surface area contributed by atoms with Crippen molar-refractivity contribution >= 4 is 11.9 Å². The maximum Gasteiger partial charge on any atom is 0.320 e. The molecule has 2 atom stereocenters. The maximum atomic E-state index is 12.4. The Morgan fingerprint density at radius 3 is 1.60 bits per heavy atom. The number of hydrogen-bond donors (Lipinski definition) is 4. The lowest BCUT2D eigenvalue weighted by Crippen LogP contribution is -2.32. The molecule has 25 heavy (non-hydrogen) atoms. The van der Waals surface area contributed by atoms with E-state index in [4.69, 9.17) is 21.7 Å². The van der Waals surface area contributed by atoms with Crippen LogP contribution in [-0.2, 0) is 22.4 Å². The van der Waals surface area contributed by atoms with Gasteiger partial charge in [0.15, 0.2) is 0 Å². The van der Waals surface area contributed by atoms with Gasteiger partial charge in [-0.2, -0.15) is 0 Å². The molecule has 0 fully saturated rings. The Bertz CT molecular complexity index is 677. The van der Waals surface area contributed by atoms with Crippen LogP contribution in [0, 0.1) is 5.82 Å². The van der Waals surface area contributed by atoms with Crippen molar-refractivity contribution in [2.24, 2.45) is 11.5 Å². The summed E-state index contributed by atoms with van der Waals surface area (Å²) in [4.78, 5) is 20.8. The third kappa shape index (κ3) is 8.05. The standard InChI is InChI=1S/C9H10FNO2.C9H11NO2/c10-7-3-1-6(2-4-7)5-8(11)9(12)13;10-8(9(11)12)6-7-4-2-1-3-5-7/h1-4,8H,5,11H2,(H,12,13);1-5,8H,6,10H2,(H,11,12). The molecule has 6 N–H and O–H groups in total. The molecule has 0 amide bonds. The van der Waals surface area contributed by atoms with Gasteiger partial charge in [0, 0.05) is 0 Å². The second kappa shape index (κ2) is 10.2. The third-order valence-corrected chi connectivity index (χ3v) is 3.30. The molecule has 0 radical (unpaired) electrons. The summed E-state index contributed by atoms with van der Waals surface area (Å²) in [7, 11) is 0. The van der Waals surface area contributed by atoms with Crippen molar-refractivity contribution in [1.29, 1.82) is 0 Å². The first kappa shape index (κ1) is 20.3. The number of carboxylic acid groups (broad SMARTS) is 2. The smallest absolute Gasteiger partial charge is 0.320 e. The molecular weight excluding hydrogens is 327 g/mol. The second-order valence-electron chi connectivity index (χ2n) is 5.41. The number of carbonyl (C=O) groups is 2. The normalized spacial score (nSPS) is 12.4. The minimum atomic E-state index is -1.05. The Labute approximate surface area is 144 Å². The summed E-state index contributed by atoms with van der Waals surface area (Å²) in [5.41, 5.74) is 12.3. The zero-order chi connectivity index (χ0) is 18.8. The van der Waals surface area contributed by atoms with E-state index < -0.39 is 24.0 Å². The first-order chi connectivity index (χ1) is 11.8. The Kier molecular flexibility index (Phi) is 8.25. The second-order valence-corrected chi connectivity index (χ2v) is 5.41. The Balaban J connectivity index is 0.000000251. The first-order valence-corrected chi connectivity index (χ1v) is 7.54. The summed E-state index contributed by atoms with van der Waals surface area (Å²) < 4.78 is 12.4. The minimum absolute atomic E-state index is 0.218. The minimum Gasteiger partial charge on any atom is -0.480 e. The van der Waals surface area contributed by atoms with Crippen molar-refractivity contribution in [3.8, 4) is 0 Å². The Morgan fingerprint density at radius 2 is 1.20 bits per heavy atom. The molecule has 2 aromatic rings. The summed E-state index contributed by atoms with van der Waals surface area (Å²) in [6, 6.07) is 13.2. The molecule has 0 saturated carbocycles. The van der Waals surface area contributed by atoms with E-state index in [2.05, 4.69) is 0 Å². The third-order valence-electron chi connectivity index (χ3n) is 3.30. The van der Waals surface area contributed by atoms with Crippen molar-refractivity contribution in [2.45, 2.75) is 24.9 Å². The topological polar surface area (TPSA) is 127 Å². The van der Waals surface area contributed by atoms with E-state index in [1.165, 1.54) is 24.3 Å². The predicted molar refractivity (Wildman–Crippen MR) is 91.5 cm³/mol. The van der Waals surface area contributed by atoms with E-state index >= 15 is 0 Å². The molecule has 7 heteroatoms. The highest BCUT2D eigenvalue weighted by atomic mass is 19.1. The maximum absolute atomic E-state index is 12.4. The molecule has 0 spiro atoms. The van der Waals surface area contributed by atoms with E-state index in [0.717, 1.165) is 11.1 Å². The molecule has 2 unspecified atom stereocenters. The van der Waals surface area contributed by atoms with Crippen LogP contribution in [0.25, 0.3) is 0 Å². The zero-order valence-electron chi connectivity index (χ0n) is 13.5. The average Bonchev–Trinajstić information content (AvgIpc) is 2.58. The zero-order valence-corrected chi connectivity index (χ0v) is 13.5. The molecule has 0 heterocycles. The average molecular weight is 348 g/mol. The fourth-order valence-electron chi connectivity index (χ4n) is 1.92. The number of carboxylic acids is 2. The molecule has 0 bridgehead atoms. The van der Waals surface area contributed by atoms with Crippen molar-refractivity contribution in [2.75, 3.05) is 0 Å². The van der Waals surface area contributed by atoms with Crippen LogP contribution in [0.5, 0.6) is 0 Å². The van der Waals surface area contributed by atoms with Gasteiger partial charge in [0.2, 0.25) is 0 Å². The van der Waals surface area contributed by atoms with Crippen LogP contribution in [0.3, 0.4) is 0 Å². The van der Waals surface area contributed by atoms with E-state index in [-0.39, 0.29) is 12.2 Å². The van der Waals surface area contributed by atoms with Gasteiger partial charge in [-0.3, -0.25) is 9.59 Å². The molecule has 2 rings (SSSR count). The van der Waals surface area contributed by atoms with Gasteiger partial charge in [-0.15, -0.1) is 0 Å². The number of aliphatic carboxylic acids is 2. The molecule has 0 aliphatic carbocycles. The van der Waals surface area contributed by atoms with Crippen molar-refractivity contribution in [1.82, 2.24) is 0 Å². The quantitative estimate of drug-likeness (QED) is 0.625.